The summed E-state index contributed by atoms with van der Waals surface area (Å²) in [6.45, 7) is 13.9. The molecule has 13 heteroatoms. The van der Waals surface area contributed by atoms with Crippen LogP contribution in [-0.4, -0.2) is 136 Å². The number of nitrogens with zero attached hydrogens (tertiary/aromatic N) is 1. The van der Waals surface area contributed by atoms with Crippen LogP contribution in [0.4, 0.5) is 0 Å². The molecule has 0 radical (unpaired) electrons. The molecule has 0 aromatic carbocycles. The monoisotopic (exact) mass is 713 g/mol. The van der Waals surface area contributed by atoms with Crippen LogP contribution in [0, 0.1) is 23.7 Å². The van der Waals surface area contributed by atoms with Gasteiger partial charge in [-0.05, 0) is 66.6 Å². The van der Waals surface area contributed by atoms with Crippen LogP contribution >= 0.6 is 0 Å². The number of allylic oxidation sites excluding steroid dienone is 3. The lowest BCUT2D eigenvalue weighted by atomic mass is 9.82. The molecule has 16 atom stereocenters. The summed E-state index contributed by atoms with van der Waals surface area (Å²) in [7, 11) is 3.58. The molecule has 13 nitrogen and oxygen atoms in total. The van der Waals surface area contributed by atoms with Crippen molar-refractivity contribution in [2.75, 3.05) is 20.7 Å². The number of hydrogen-bond acceptors (Lipinski definition) is 13. The second-order valence-electron chi connectivity index (χ2n) is 15.3. The Morgan fingerprint density at radius 3 is 2.22 bits per heavy atom. The van der Waals surface area contributed by atoms with Gasteiger partial charge in [-0.25, -0.2) is 0 Å². The van der Waals surface area contributed by atoms with Crippen molar-refractivity contribution in [2.24, 2.45) is 23.7 Å². The van der Waals surface area contributed by atoms with Crippen molar-refractivity contribution in [1.29, 1.82) is 0 Å². The SMILES string of the molecule is CC[C@H]1OC(=O)C[C@@H](O)[C@H](C)[C@@H](O[C@@H]2OC(C)[C@H](O[C@H]3CC(C)(O)C(O)C(C)O3)C(N(C)C)C2O)[C@@H](C)C[C@@H](C)C(=O)/C=C/C(C)=C/[C@@H]1CO. The predicted molar refractivity (Wildman–Crippen MR) is 185 cm³/mol. The zero-order valence-electron chi connectivity index (χ0n) is 31.5. The number of aliphatic hydroxyl groups excluding tert-OH is 4. The molecule has 3 rings (SSSR count). The molecule has 0 aromatic heterocycles. The second kappa shape index (κ2) is 18.3. The molecule has 5 N–H and O–H groups in total. The Morgan fingerprint density at radius 1 is 0.980 bits per heavy atom. The average Bonchev–Trinajstić information content (AvgIpc) is 3.03. The van der Waals surface area contributed by atoms with E-state index in [9.17, 15) is 35.1 Å². The zero-order valence-corrected chi connectivity index (χ0v) is 31.5. The summed E-state index contributed by atoms with van der Waals surface area (Å²) in [5.41, 5.74) is -0.693. The molecule has 2 saturated heterocycles. The smallest absolute Gasteiger partial charge is 0.308 e. The summed E-state index contributed by atoms with van der Waals surface area (Å²) in [4.78, 5) is 28.1. The Bertz CT molecular complexity index is 1180. The molecule has 288 valence electrons. The topological polar surface area (TPSA) is 185 Å². The summed E-state index contributed by atoms with van der Waals surface area (Å²) in [6.07, 6.45) is -3.47. The third kappa shape index (κ3) is 10.6. The van der Waals surface area contributed by atoms with Gasteiger partial charge >= 0.3 is 5.97 Å². The average molecular weight is 714 g/mol. The van der Waals surface area contributed by atoms with Crippen molar-refractivity contribution in [3.05, 3.63) is 23.8 Å². The predicted octanol–water partition coefficient (Wildman–Crippen LogP) is 2.10. The van der Waals surface area contributed by atoms with Crippen LogP contribution in [0.15, 0.2) is 23.8 Å². The van der Waals surface area contributed by atoms with Gasteiger partial charge in [0.1, 0.15) is 24.4 Å². The number of esters is 1. The van der Waals surface area contributed by atoms with Crippen LogP contribution in [0.25, 0.3) is 0 Å². The minimum Gasteiger partial charge on any atom is -0.462 e. The zero-order chi connectivity index (χ0) is 37.7. The van der Waals surface area contributed by atoms with Gasteiger partial charge in [0.25, 0.3) is 0 Å². The molecule has 50 heavy (non-hydrogen) atoms. The fourth-order valence-electron chi connectivity index (χ4n) is 7.54. The molecule has 0 aliphatic carbocycles. The largest absolute Gasteiger partial charge is 0.462 e. The fraction of sp³-hybridized carbons (Fsp3) is 0.838. The molecule has 0 aromatic rings. The molecule has 3 aliphatic heterocycles. The van der Waals surface area contributed by atoms with Gasteiger partial charge in [-0.15, -0.1) is 0 Å². The first-order chi connectivity index (χ1) is 23.3. The fourth-order valence-corrected chi connectivity index (χ4v) is 7.54. The van der Waals surface area contributed by atoms with E-state index in [0.29, 0.717) is 12.8 Å². The summed E-state index contributed by atoms with van der Waals surface area (Å²) in [6, 6.07) is -0.649. The van der Waals surface area contributed by atoms with Crippen molar-refractivity contribution in [3.63, 3.8) is 0 Å². The Labute approximate surface area is 297 Å². The van der Waals surface area contributed by atoms with Crippen molar-refractivity contribution in [1.82, 2.24) is 4.90 Å². The number of carbonyl (C=O) groups excluding carboxylic acids is 2. The molecular weight excluding hydrogens is 650 g/mol. The highest BCUT2D eigenvalue weighted by Gasteiger charge is 2.51. The summed E-state index contributed by atoms with van der Waals surface area (Å²) >= 11 is 0. The van der Waals surface area contributed by atoms with Gasteiger partial charge in [-0.1, -0.05) is 45.4 Å². The first-order valence-electron chi connectivity index (χ1n) is 18.1. The van der Waals surface area contributed by atoms with Crippen molar-refractivity contribution in [3.8, 4) is 0 Å². The van der Waals surface area contributed by atoms with E-state index < -0.39 is 96.8 Å². The summed E-state index contributed by atoms with van der Waals surface area (Å²) in [5.74, 6) is -2.57. The van der Waals surface area contributed by atoms with E-state index in [0.717, 1.165) is 5.57 Å². The second-order valence-corrected chi connectivity index (χ2v) is 15.3. The molecule has 6 unspecified atom stereocenters. The number of aliphatic hydroxyl groups is 5. The molecule has 2 fully saturated rings. The summed E-state index contributed by atoms with van der Waals surface area (Å²) in [5, 5.41) is 54.3. The minimum absolute atomic E-state index is 0.0108. The number of ketones is 1. The van der Waals surface area contributed by atoms with Crippen LogP contribution < -0.4 is 0 Å². The maximum atomic E-state index is 13.2. The third-order valence-electron chi connectivity index (χ3n) is 10.6. The molecule has 0 bridgehead atoms. The highest BCUT2D eigenvalue weighted by molar-refractivity contribution is 5.91. The third-order valence-corrected chi connectivity index (χ3v) is 10.6. The number of rotatable bonds is 7. The number of ether oxygens (including phenoxy) is 5. The molecule has 0 saturated carbocycles. The first kappa shape index (κ1) is 42.6. The van der Waals surface area contributed by atoms with Crippen LogP contribution in [0.5, 0.6) is 0 Å². The Morgan fingerprint density at radius 2 is 1.64 bits per heavy atom. The van der Waals surface area contributed by atoms with Gasteiger partial charge in [-0.2, -0.15) is 0 Å². The van der Waals surface area contributed by atoms with E-state index in [1.165, 1.54) is 13.0 Å². The number of carbonyl (C=O) groups is 2. The maximum Gasteiger partial charge on any atom is 0.308 e. The number of likely N-dealkylation sites (N-methyl/N-ethyl adjacent to an activating group) is 1. The van der Waals surface area contributed by atoms with Gasteiger partial charge in [0.15, 0.2) is 18.4 Å². The normalized spacial score (nSPS) is 46.2. The van der Waals surface area contributed by atoms with Gasteiger partial charge in [0.2, 0.25) is 0 Å². The van der Waals surface area contributed by atoms with Crippen LogP contribution in [0.2, 0.25) is 0 Å². The quantitative estimate of drug-likeness (QED) is 0.242. The lowest BCUT2D eigenvalue weighted by Crippen LogP contribution is -2.65. The van der Waals surface area contributed by atoms with Crippen molar-refractivity contribution < 1.29 is 58.8 Å². The van der Waals surface area contributed by atoms with E-state index in [1.54, 1.807) is 51.9 Å². The van der Waals surface area contributed by atoms with Gasteiger partial charge in [-0.3, -0.25) is 9.59 Å². The molecule has 0 amide bonds. The maximum absolute atomic E-state index is 13.2. The Kier molecular flexibility index (Phi) is 15.6. The van der Waals surface area contributed by atoms with Gasteiger partial charge in [0, 0.05) is 24.2 Å². The lowest BCUT2D eigenvalue weighted by molar-refractivity contribution is -0.341. The first-order valence-corrected chi connectivity index (χ1v) is 18.1. The van der Waals surface area contributed by atoms with Gasteiger partial charge in [0.05, 0.1) is 49.1 Å². The van der Waals surface area contributed by atoms with E-state index >= 15 is 0 Å². The highest BCUT2D eigenvalue weighted by Crippen LogP contribution is 2.36. The number of cyclic esters (lactones) is 1. The highest BCUT2D eigenvalue weighted by atomic mass is 16.7. The standard InChI is InChI=1S/C37H63NO12/c1-11-28-25(18-39)14-19(2)12-13-26(40)20(3)15-21(4)33(22(5)27(41)16-29(42)48-28)50-36-32(43)31(38(9)10)34(23(6)47-36)49-30-17-37(8,45)35(44)24(7)46-30/h12-14,20-25,27-28,30-36,39,41,43-45H,11,15-18H2,1-10H3/b13-12+,19-14+/t20-,21+,22+,23?,24?,25-,27-,28-,30+,31?,32?,33+,34+,35?,36+,37?/m1/s1. The Hall–Kier alpha value is -1.78. The molecule has 3 heterocycles. The number of hydrogen-bond donors (Lipinski definition) is 5. The molecular formula is C37H63NO12. The van der Waals surface area contributed by atoms with Crippen LogP contribution in [0.3, 0.4) is 0 Å². The lowest BCUT2D eigenvalue weighted by Gasteiger charge is -2.50. The van der Waals surface area contributed by atoms with E-state index in [1.807, 2.05) is 27.7 Å². The summed E-state index contributed by atoms with van der Waals surface area (Å²) < 4.78 is 30.8. The molecule has 0 spiro atoms. The van der Waals surface area contributed by atoms with E-state index in [2.05, 4.69) is 0 Å². The van der Waals surface area contributed by atoms with Crippen molar-refractivity contribution in [2.45, 2.75) is 154 Å². The molecule has 3 aliphatic rings. The minimum atomic E-state index is -1.44. The van der Waals surface area contributed by atoms with Gasteiger partial charge < -0.3 is 54.1 Å². The van der Waals surface area contributed by atoms with E-state index in [-0.39, 0.29) is 31.1 Å². The van der Waals surface area contributed by atoms with E-state index in [4.69, 9.17) is 23.7 Å². The Balaban J connectivity index is 1.89. The van der Waals surface area contributed by atoms with Crippen LogP contribution in [-0.2, 0) is 33.3 Å². The van der Waals surface area contributed by atoms with Crippen molar-refractivity contribution >= 4 is 11.8 Å². The van der Waals surface area contributed by atoms with Crippen LogP contribution in [0.1, 0.15) is 81.1 Å².